The predicted molar refractivity (Wildman–Crippen MR) is 118 cm³/mol. The zero-order valence-corrected chi connectivity index (χ0v) is 17.5. The molecule has 32 heavy (non-hydrogen) atoms. The first kappa shape index (κ1) is 21.2. The third-order valence-corrected chi connectivity index (χ3v) is 5.48. The summed E-state index contributed by atoms with van der Waals surface area (Å²) in [5, 5.41) is 22.4. The van der Waals surface area contributed by atoms with Crippen molar-refractivity contribution in [1.29, 1.82) is 0 Å². The van der Waals surface area contributed by atoms with E-state index in [1.165, 1.54) is 41.6 Å². The molecule has 1 N–H and O–H groups in total. The van der Waals surface area contributed by atoms with Gasteiger partial charge < -0.3 is 5.11 Å². The molecule has 1 aliphatic heterocycles. The number of aromatic nitrogens is 1. The molecule has 1 atom stereocenters. The van der Waals surface area contributed by atoms with Gasteiger partial charge in [-0.05, 0) is 54.4 Å². The van der Waals surface area contributed by atoms with Crippen LogP contribution in [0.15, 0.2) is 72.6 Å². The highest BCUT2D eigenvalue weighted by Gasteiger charge is 2.47. The van der Waals surface area contributed by atoms with Gasteiger partial charge in [0.25, 0.3) is 17.4 Å². The number of non-ortho nitro benzene ring substituents is 1. The molecule has 0 bridgehead atoms. The van der Waals surface area contributed by atoms with Gasteiger partial charge in [0, 0.05) is 40.8 Å². The lowest BCUT2D eigenvalue weighted by atomic mass is 9.95. The van der Waals surface area contributed by atoms with Gasteiger partial charge in [0.15, 0.2) is 0 Å². The number of hydrogen-bond donors (Lipinski definition) is 1. The van der Waals surface area contributed by atoms with Crippen LogP contribution in [-0.4, -0.2) is 26.7 Å². The molecule has 4 rings (SSSR count). The van der Waals surface area contributed by atoms with Crippen molar-refractivity contribution in [3.05, 3.63) is 104 Å². The number of carbonyl (C=O) groups is 2. The average Bonchev–Trinajstić information content (AvgIpc) is 3.06. The SMILES string of the molecule is Cc1ccc(Cl)cc1N1C(=O)C(=O)/C(=C(/O)c2ccc([N+](=O)[O-])cc2)C1c1ccncc1. The number of nitro groups is 1. The lowest BCUT2D eigenvalue weighted by Crippen LogP contribution is -2.30. The summed E-state index contributed by atoms with van der Waals surface area (Å²) in [6.45, 7) is 1.78. The number of benzene rings is 2. The molecule has 0 saturated carbocycles. The first-order valence-electron chi connectivity index (χ1n) is 9.51. The molecule has 1 amide bonds. The molecule has 0 spiro atoms. The monoisotopic (exact) mass is 449 g/mol. The molecule has 1 fully saturated rings. The van der Waals surface area contributed by atoms with E-state index in [1.807, 2.05) is 0 Å². The third-order valence-electron chi connectivity index (χ3n) is 5.25. The van der Waals surface area contributed by atoms with Crippen LogP contribution in [0.25, 0.3) is 5.76 Å². The molecule has 0 aliphatic carbocycles. The summed E-state index contributed by atoms with van der Waals surface area (Å²) < 4.78 is 0. The molecule has 1 saturated heterocycles. The minimum absolute atomic E-state index is 0.130. The molecule has 1 unspecified atom stereocenters. The number of aryl methyl sites for hydroxylation is 1. The normalized spacial score (nSPS) is 17.6. The van der Waals surface area contributed by atoms with Crippen LogP contribution in [0.5, 0.6) is 0 Å². The Labute approximate surface area is 187 Å². The molecular weight excluding hydrogens is 434 g/mol. The number of pyridine rings is 1. The maximum Gasteiger partial charge on any atom is 0.300 e. The van der Waals surface area contributed by atoms with Crippen LogP contribution in [0, 0.1) is 17.0 Å². The second-order valence-electron chi connectivity index (χ2n) is 7.18. The number of anilines is 1. The van der Waals surface area contributed by atoms with Crippen molar-refractivity contribution >= 4 is 40.4 Å². The quantitative estimate of drug-likeness (QED) is 0.205. The van der Waals surface area contributed by atoms with Gasteiger partial charge in [0.2, 0.25) is 0 Å². The number of rotatable bonds is 4. The zero-order valence-electron chi connectivity index (χ0n) is 16.7. The summed E-state index contributed by atoms with van der Waals surface area (Å²) in [5.41, 5.74) is 1.59. The Morgan fingerprint density at radius 2 is 1.75 bits per heavy atom. The number of amides is 1. The van der Waals surface area contributed by atoms with Crippen molar-refractivity contribution in [2.75, 3.05) is 4.90 Å². The number of Topliss-reactive ketones (excluding diaryl/α,β-unsaturated/α-hetero) is 1. The van der Waals surface area contributed by atoms with Gasteiger partial charge in [0.1, 0.15) is 5.76 Å². The van der Waals surface area contributed by atoms with E-state index in [0.717, 1.165) is 0 Å². The lowest BCUT2D eigenvalue weighted by Gasteiger charge is -2.26. The summed E-state index contributed by atoms with van der Waals surface area (Å²) in [6.07, 6.45) is 3.04. The summed E-state index contributed by atoms with van der Waals surface area (Å²) in [4.78, 5) is 41.9. The minimum atomic E-state index is -0.939. The third kappa shape index (κ3) is 3.61. The van der Waals surface area contributed by atoms with E-state index in [0.29, 0.717) is 21.8 Å². The number of halogens is 1. The van der Waals surface area contributed by atoms with E-state index in [4.69, 9.17) is 11.6 Å². The first-order valence-corrected chi connectivity index (χ1v) is 9.89. The Hall–Kier alpha value is -4.04. The molecule has 1 aliphatic rings. The fourth-order valence-corrected chi connectivity index (χ4v) is 3.85. The Morgan fingerprint density at radius 3 is 2.38 bits per heavy atom. The second kappa shape index (κ2) is 8.24. The highest BCUT2D eigenvalue weighted by atomic mass is 35.5. The van der Waals surface area contributed by atoms with Crippen molar-refractivity contribution in [3.8, 4) is 0 Å². The lowest BCUT2D eigenvalue weighted by molar-refractivity contribution is -0.384. The topological polar surface area (TPSA) is 114 Å². The first-order chi connectivity index (χ1) is 15.3. The number of hydrogen-bond acceptors (Lipinski definition) is 6. The van der Waals surface area contributed by atoms with Crippen molar-refractivity contribution in [2.24, 2.45) is 0 Å². The van der Waals surface area contributed by atoms with Gasteiger partial charge in [-0.15, -0.1) is 0 Å². The zero-order chi connectivity index (χ0) is 23.0. The number of nitro benzene ring substituents is 1. The number of aliphatic hydroxyl groups is 1. The van der Waals surface area contributed by atoms with Crippen LogP contribution in [0.1, 0.15) is 22.7 Å². The van der Waals surface area contributed by atoms with Crippen LogP contribution >= 0.6 is 11.6 Å². The van der Waals surface area contributed by atoms with Crippen LogP contribution in [0.3, 0.4) is 0 Å². The van der Waals surface area contributed by atoms with Gasteiger partial charge in [-0.25, -0.2) is 0 Å². The highest BCUT2D eigenvalue weighted by molar-refractivity contribution is 6.52. The van der Waals surface area contributed by atoms with Gasteiger partial charge in [-0.1, -0.05) is 17.7 Å². The van der Waals surface area contributed by atoms with Gasteiger partial charge >= 0.3 is 0 Å². The average molecular weight is 450 g/mol. The maximum absolute atomic E-state index is 13.1. The fraction of sp³-hybridized carbons (Fsp3) is 0.0870. The number of carbonyl (C=O) groups excluding carboxylic acids is 2. The Balaban J connectivity index is 1.94. The molecule has 8 nitrogen and oxygen atoms in total. The van der Waals surface area contributed by atoms with Gasteiger partial charge in [0.05, 0.1) is 16.5 Å². The van der Waals surface area contributed by atoms with Gasteiger partial charge in [-0.3, -0.25) is 29.6 Å². The van der Waals surface area contributed by atoms with Crippen molar-refractivity contribution in [2.45, 2.75) is 13.0 Å². The van der Waals surface area contributed by atoms with E-state index in [9.17, 15) is 24.8 Å². The largest absolute Gasteiger partial charge is 0.507 e. The number of ketones is 1. The summed E-state index contributed by atoms with van der Waals surface area (Å²) in [7, 11) is 0. The Kier molecular flexibility index (Phi) is 5.46. The maximum atomic E-state index is 13.1. The van der Waals surface area contributed by atoms with E-state index >= 15 is 0 Å². The van der Waals surface area contributed by atoms with Crippen LogP contribution in [-0.2, 0) is 9.59 Å². The molecule has 2 aromatic carbocycles. The Morgan fingerprint density at radius 1 is 1.09 bits per heavy atom. The molecule has 0 radical (unpaired) electrons. The van der Waals surface area contributed by atoms with Gasteiger partial charge in [-0.2, -0.15) is 0 Å². The predicted octanol–water partition coefficient (Wildman–Crippen LogP) is 4.58. The van der Waals surface area contributed by atoms with Crippen molar-refractivity contribution in [3.63, 3.8) is 0 Å². The van der Waals surface area contributed by atoms with E-state index < -0.39 is 28.4 Å². The van der Waals surface area contributed by atoms with Crippen LogP contribution < -0.4 is 4.90 Å². The van der Waals surface area contributed by atoms with Crippen LogP contribution in [0.4, 0.5) is 11.4 Å². The molecule has 3 aromatic rings. The minimum Gasteiger partial charge on any atom is -0.507 e. The molecule has 160 valence electrons. The van der Waals surface area contributed by atoms with E-state index in [-0.39, 0.29) is 16.8 Å². The standard InChI is InChI=1S/C23H16ClN3O5/c1-13-2-5-16(24)12-18(13)26-20(14-8-10-25-11-9-14)19(22(29)23(26)30)21(28)15-3-6-17(7-4-15)27(31)32/h2-12,20,28H,1H3/b21-19+. The molecule has 1 aromatic heterocycles. The van der Waals surface area contributed by atoms with E-state index in [1.54, 1.807) is 37.3 Å². The molecule has 2 heterocycles. The van der Waals surface area contributed by atoms with E-state index in [2.05, 4.69) is 4.98 Å². The van der Waals surface area contributed by atoms with Crippen molar-refractivity contribution in [1.82, 2.24) is 4.98 Å². The molecule has 9 heteroatoms. The second-order valence-corrected chi connectivity index (χ2v) is 7.62. The summed E-state index contributed by atoms with van der Waals surface area (Å²) in [6, 6.07) is 12.4. The summed E-state index contributed by atoms with van der Waals surface area (Å²) in [5.74, 6) is -2.12. The number of nitrogens with zero attached hydrogens (tertiary/aromatic N) is 3. The smallest absolute Gasteiger partial charge is 0.300 e. The molecular formula is C23H16ClN3O5. The van der Waals surface area contributed by atoms with Crippen LogP contribution in [0.2, 0.25) is 5.02 Å². The summed E-state index contributed by atoms with van der Waals surface area (Å²) >= 11 is 6.16. The Bertz CT molecular complexity index is 1270. The van der Waals surface area contributed by atoms with Crippen molar-refractivity contribution < 1.29 is 19.6 Å². The fourth-order valence-electron chi connectivity index (χ4n) is 3.68. The number of aliphatic hydroxyl groups excluding tert-OH is 1. The highest BCUT2D eigenvalue weighted by Crippen LogP contribution is 2.43.